The summed E-state index contributed by atoms with van der Waals surface area (Å²) in [5, 5.41) is 12.1. The molecule has 0 bridgehead atoms. The highest BCUT2D eigenvalue weighted by Crippen LogP contribution is 2.24. The van der Waals surface area contributed by atoms with Gasteiger partial charge in [-0.3, -0.25) is 14.3 Å². The molecule has 33 heavy (non-hydrogen) atoms. The van der Waals surface area contributed by atoms with Crippen molar-refractivity contribution in [1.29, 1.82) is 0 Å². The van der Waals surface area contributed by atoms with Crippen molar-refractivity contribution < 1.29 is 18.7 Å². The number of rotatable bonds is 9. The number of amides is 1. The molecule has 8 nitrogen and oxygen atoms in total. The molecule has 0 radical (unpaired) electrons. The molecular weight excluding hydrogens is 445 g/mol. The second-order valence-electron chi connectivity index (χ2n) is 7.48. The summed E-state index contributed by atoms with van der Waals surface area (Å²) >= 11 is 1.28. The number of thioether (sulfide) groups is 1. The summed E-state index contributed by atoms with van der Waals surface area (Å²) in [5.41, 5.74) is 1.42. The standard InChI is InChI=1S/C23H26FN5O3S/c1-31-20-4-2-3-18(15-20)25-22(30)16-33-23-27-26-21(9-10-28-11-13-32-14-12-28)29(23)19-7-5-17(24)6-8-19/h2-8,15H,9-14,16H2,1H3,(H,25,30). The van der Waals surface area contributed by atoms with Gasteiger partial charge in [0.25, 0.3) is 0 Å². The molecule has 0 atom stereocenters. The highest BCUT2D eigenvalue weighted by Gasteiger charge is 2.18. The Balaban J connectivity index is 1.46. The van der Waals surface area contributed by atoms with Gasteiger partial charge in [0, 0.05) is 43.5 Å². The van der Waals surface area contributed by atoms with E-state index in [0.717, 1.165) is 44.4 Å². The third-order valence-corrected chi connectivity index (χ3v) is 6.16. The van der Waals surface area contributed by atoms with Crippen LogP contribution in [0.15, 0.2) is 53.7 Å². The zero-order valence-corrected chi connectivity index (χ0v) is 19.2. The lowest BCUT2D eigenvalue weighted by Gasteiger charge is -2.26. The molecule has 4 rings (SSSR count). The van der Waals surface area contributed by atoms with E-state index in [1.165, 1.54) is 23.9 Å². The second kappa shape index (κ2) is 11.3. The van der Waals surface area contributed by atoms with E-state index in [-0.39, 0.29) is 17.5 Å². The number of carbonyl (C=O) groups is 1. The fraction of sp³-hybridized carbons (Fsp3) is 0.348. The monoisotopic (exact) mass is 471 g/mol. The summed E-state index contributed by atoms with van der Waals surface area (Å²) in [6.07, 6.45) is 0.681. The first kappa shape index (κ1) is 23.2. The van der Waals surface area contributed by atoms with Gasteiger partial charge in [0.1, 0.15) is 17.4 Å². The van der Waals surface area contributed by atoms with Crippen LogP contribution in [0.5, 0.6) is 5.75 Å². The van der Waals surface area contributed by atoms with Gasteiger partial charge in [-0.2, -0.15) is 0 Å². The summed E-state index contributed by atoms with van der Waals surface area (Å²) in [7, 11) is 1.58. The number of hydrogen-bond donors (Lipinski definition) is 1. The Morgan fingerprint density at radius 3 is 2.73 bits per heavy atom. The number of halogens is 1. The first-order chi connectivity index (χ1) is 16.1. The van der Waals surface area contributed by atoms with E-state index in [9.17, 15) is 9.18 Å². The maximum atomic E-state index is 13.5. The van der Waals surface area contributed by atoms with Crippen molar-refractivity contribution in [2.24, 2.45) is 0 Å². The van der Waals surface area contributed by atoms with Crippen LogP contribution in [0.2, 0.25) is 0 Å². The average Bonchev–Trinajstić information content (AvgIpc) is 3.25. The number of ether oxygens (including phenoxy) is 2. The summed E-state index contributed by atoms with van der Waals surface area (Å²) in [5.74, 6) is 1.11. The van der Waals surface area contributed by atoms with Crippen molar-refractivity contribution in [1.82, 2.24) is 19.7 Å². The molecule has 10 heteroatoms. The molecule has 0 unspecified atom stereocenters. The van der Waals surface area contributed by atoms with E-state index < -0.39 is 0 Å². The molecular formula is C23H26FN5O3S. The molecule has 1 aromatic heterocycles. The van der Waals surface area contributed by atoms with Crippen molar-refractivity contribution in [2.45, 2.75) is 11.6 Å². The Morgan fingerprint density at radius 2 is 1.97 bits per heavy atom. The molecule has 0 saturated carbocycles. The lowest BCUT2D eigenvalue weighted by atomic mass is 10.3. The molecule has 1 aliphatic rings. The predicted molar refractivity (Wildman–Crippen MR) is 125 cm³/mol. The number of nitrogens with zero attached hydrogens (tertiary/aromatic N) is 4. The Labute approximate surface area is 196 Å². The number of carbonyl (C=O) groups excluding carboxylic acids is 1. The maximum Gasteiger partial charge on any atom is 0.234 e. The molecule has 0 aliphatic carbocycles. The molecule has 1 fully saturated rings. The van der Waals surface area contributed by atoms with Gasteiger partial charge in [-0.25, -0.2) is 4.39 Å². The topological polar surface area (TPSA) is 81.5 Å². The van der Waals surface area contributed by atoms with Gasteiger partial charge in [0.2, 0.25) is 5.91 Å². The van der Waals surface area contributed by atoms with Crippen molar-refractivity contribution in [2.75, 3.05) is 51.0 Å². The maximum absolute atomic E-state index is 13.5. The first-order valence-corrected chi connectivity index (χ1v) is 11.7. The Morgan fingerprint density at radius 1 is 1.18 bits per heavy atom. The zero-order chi connectivity index (χ0) is 23.0. The molecule has 2 aromatic carbocycles. The fourth-order valence-corrected chi connectivity index (χ4v) is 4.29. The summed E-state index contributed by atoms with van der Waals surface area (Å²) in [4.78, 5) is 14.8. The molecule has 1 N–H and O–H groups in total. The van der Waals surface area contributed by atoms with Crippen molar-refractivity contribution in [3.63, 3.8) is 0 Å². The van der Waals surface area contributed by atoms with Gasteiger partial charge in [-0.05, 0) is 36.4 Å². The first-order valence-electron chi connectivity index (χ1n) is 10.7. The van der Waals surface area contributed by atoms with Gasteiger partial charge in [-0.15, -0.1) is 10.2 Å². The van der Waals surface area contributed by atoms with Crippen LogP contribution in [0, 0.1) is 5.82 Å². The lowest BCUT2D eigenvalue weighted by molar-refractivity contribution is -0.113. The van der Waals surface area contributed by atoms with E-state index >= 15 is 0 Å². The summed E-state index contributed by atoms with van der Waals surface area (Å²) in [6, 6.07) is 13.4. The molecule has 2 heterocycles. The third kappa shape index (κ3) is 6.31. The van der Waals surface area contributed by atoms with Crippen LogP contribution in [-0.4, -0.2) is 71.3 Å². The Bertz CT molecular complexity index is 1070. The van der Waals surface area contributed by atoms with E-state index in [2.05, 4.69) is 20.4 Å². The van der Waals surface area contributed by atoms with E-state index in [4.69, 9.17) is 9.47 Å². The smallest absolute Gasteiger partial charge is 0.234 e. The Kier molecular flexibility index (Phi) is 7.92. The average molecular weight is 472 g/mol. The van der Waals surface area contributed by atoms with Crippen LogP contribution in [0.3, 0.4) is 0 Å². The third-order valence-electron chi connectivity index (χ3n) is 5.23. The fourth-order valence-electron chi connectivity index (χ4n) is 3.52. The minimum Gasteiger partial charge on any atom is -0.497 e. The molecule has 174 valence electrons. The molecule has 1 aliphatic heterocycles. The highest BCUT2D eigenvalue weighted by atomic mass is 32.2. The minimum absolute atomic E-state index is 0.153. The van der Waals surface area contributed by atoms with E-state index in [1.54, 1.807) is 31.4 Å². The molecule has 1 saturated heterocycles. The largest absolute Gasteiger partial charge is 0.497 e. The van der Waals surface area contributed by atoms with Gasteiger partial charge >= 0.3 is 0 Å². The van der Waals surface area contributed by atoms with Gasteiger partial charge in [-0.1, -0.05) is 17.8 Å². The lowest BCUT2D eigenvalue weighted by Crippen LogP contribution is -2.37. The normalized spacial score (nSPS) is 14.2. The molecule has 3 aromatic rings. The van der Waals surface area contributed by atoms with Gasteiger partial charge < -0.3 is 14.8 Å². The number of benzene rings is 2. The molecule has 1 amide bonds. The zero-order valence-electron chi connectivity index (χ0n) is 18.4. The SMILES string of the molecule is COc1cccc(NC(=O)CSc2nnc(CCN3CCOCC3)n2-c2ccc(F)cc2)c1. The van der Waals surface area contributed by atoms with Crippen LogP contribution < -0.4 is 10.1 Å². The Hall–Kier alpha value is -2.95. The van der Waals surface area contributed by atoms with Crippen LogP contribution >= 0.6 is 11.8 Å². The van der Waals surface area contributed by atoms with Crippen molar-refractivity contribution in [3.8, 4) is 11.4 Å². The number of anilines is 1. The van der Waals surface area contributed by atoms with E-state index in [0.29, 0.717) is 23.0 Å². The van der Waals surface area contributed by atoms with Crippen LogP contribution in [-0.2, 0) is 16.0 Å². The van der Waals surface area contributed by atoms with Crippen LogP contribution in [0.4, 0.5) is 10.1 Å². The highest BCUT2D eigenvalue weighted by molar-refractivity contribution is 7.99. The predicted octanol–water partition coefficient (Wildman–Crippen LogP) is 3.02. The number of methoxy groups -OCH3 is 1. The van der Waals surface area contributed by atoms with Crippen molar-refractivity contribution in [3.05, 3.63) is 60.2 Å². The van der Waals surface area contributed by atoms with E-state index in [1.807, 2.05) is 16.7 Å². The van der Waals surface area contributed by atoms with Gasteiger partial charge in [0.15, 0.2) is 5.16 Å². The van der Waals surface area contributed by atoms with Gasteiger partial charge in [0.05, 0.1) is 26.1 Å². The van der Waals surface area contributed by atoms with Crippen molar-refractivity contribution >= 4 is 23.4 Å². The minimum atomic E-state index is -0.312. The number of hydrogen-bond acceptors (Lipinski definition) is 7. The number of nitrogens with one attached hydrogen (secondary N) is 1. The van der Waals surface area contributed by atoms with Crippen LogP contribution in [0.1, 0.15) is 5.82 Å². The number of aromatic nitrogens is 3. The summed E-state index contributed by atoms with van der Waals surface area (Å²) in [6.45, 7) is 4.06. The number of morpholine rings is 1. The molecule has 0 spiro atoms. The quantitative estimate of drug-likeness (QED) is 0.481. The van der Waals surface area contributed by atoms with Crippen LogP contribution in [0.25, 0.3) is 5.69 Å². The second-order valence-corrected chi connectivity index (χ2v) is 8.43. The summed E-state index contributed by atoms with van der Waals surface area (Å²) < 4.78 is 26.0.